The molecular formula is C14H13BrN4O. The first-order chi connectivity index (χ1) is 9.69. The zero-order valence-electron chi connectivity index (χ0n) is 10.6. The molecule has 6 heteroatoms. The van der Waals surface area contributed by atoms with Gasteiger partial charge in [0.15, 0.2) is 0 Å². The average molecular weight is 333 g/mol. The van der Waals surface area contributed by atoms with Crippen molar-refractivity contribution >= 4 is 33.3 Å². The predicted octanol–water partition coefficient (Wildman–Crippen LogP) is 3.09. The number of rotatable bonds is 5. The number of nitrogens with one attached hydrogen (secondary N) is 2. The molecule has 0 fully saturated rings. The van der Waals surface area contributed by atoms with Gasteiger partial charge in [0.25, 0.3) is 5.91 Å². The van der Waals surface area contributed by atoms with Crippen molar-refractivity contribution in [2.24, 2.45) is 0 Å². The molecule has 0 saturated carbocycles. The van der Waals surface area contributed by atoms with E-state index in [1.165, 1.54) is 6.33 Å². The maximum absolute atomic E-state index is 12.1. The maximum atomic E-state index is 12.1. The predicted molar refractivity (Wildman–Crippen MR) is 82.8 cm³/mol. The third kappa shape index (κ3) is 3.89. The van der Waals surface area contributed by atoms with E-state index in [9.17, 15) is 4.79 Å². The van der Waals surface area contributed by atoms with Crippen molar-refractivity contribution in [3.8, 4) is 0 Å². The van der Waals surface area contributed by atoms with E-state index in [2.05, 4.69) is 43.1 Å². The van der Waals surface area contributed by atoms with Crippen LogP contribution in [0.15, 0.2) is 53.8 Å². The van der Waals surface area contributed by atoms with Crippen molar-refractivity contribution in [2.45, 2.75) is 0 Å². The molecule has 0 radical (unpaired) electrons. The summed E-state index contributed by atoms with van der Waals surface area (Å²) in [6.07, 6.45) is 3.06. The topological polar surface area (TPSA) is 66.9 Å². The summed E-state index contributed by atoms with van der Waals surface area (Å²) in [5.74, 6) is 0.303. The summed E-state index contributed by atoms with van der Waals surface area (Å²) >= 11 is 3.34. The van der Waals surface area contributed by atoms with Gasteiger partial charge in [-0.25, -0.2) is 9.97 Å². The number of anilines is 2. The van der Waals surface area contributed by atoms with Crippen molar-refractivity contribution in [2.75, 3.05) is 17.2 Å². The van der Waals surface area contributed by atoms with Gasteiger partial charge in [-0.1, -0.05) is 22.0 Å². The van der Waals surface area contributed by atoms with Crippen LogP contribution in [0.5, 0.6) is 0 Å². The molecule has 1 aromatic carbocycles. The highest BCUT2D eigenvalue weighted by atomic mass is 79.9. The van der Waals surface area contributed by atoms with Crippen LogP contribution < -0.4 is 10.6 Å². The summed E-state index contributed by atoms with van der Waals surface area (Å²) in [5.41, 5.74) is 1.01. The lowest BCUT2D eigenvalue weighted by molar-refractivity contribution is 0.102. The van der Waals surface area contributed by atoms with E-state index >= 15 is 0 Å². The quantitative estimate of drug-likeness (QED) is 0.825. The van der Waals surface area contributed by atoms with Gasteiger partial charge in [-0.2, -0.15) is 0 Å². The van der Waals surface area contributed by atoms with Crippen molar-refractivity contribution in [3.05, 3.63) is 59.5 Å². The molecule has 0 spiro atoms. The van der Waals surface area contributed by atoms with E-state index < -0.39 is 0 Å². The van der Waals surface area contributed by atoms with Gasteiger partial charge in [0.2, 0.25) is 0 Å². The minimum absolute atomic E-state index is 0.281. The molecule has 0 aliphatic rings. The molecule has 5 nitrogen and oxygen atoms in total. The summed E-state index contributed by atoms with van der Waals surface area (Å²) in [7, 11) is 0. The SMILES string of the molecule is C=CCNc1cc(C(=O)Nc2ccc(Br)cc2)ncn1. The molecule has 0 unspecified atom stereocenters. The Morgan fingerprint density at radius 1 is 1.30 bits per heavy atom. The third-order valence-corrected chi connectivity index (χ3v) is 2.96. The van der Waals surface area contributed by atoms with E-state index in [1.54, 1.807) is 24.3 Å². The highest BCUT2D eigenvalue weighted by molar-refractivity contribution is 9.10. The van der Waals surface area contributed by atoms with E-state index in [1.807, 2.05) is 12.1 Å². The Morgan fingerprint density at radius 3 is 2.75 bits per heavy atom. The first-order valence-corrected chi connectivity index (χ1v) is 6.72. The first kappa shape index (κ1) is 14.2. The Balaban J connectivity index is 2.08. The van der Waals surface area contributed by atoms with E-state index in [0.717, 1.165) is 4.47 Å². The van der Waals surface area contributed by atoms with Crippen molar-refractivity contribution < 1.29 is 4.79 Å². The summed E-state index contributed by atoms with van der Waals surface area (Å²) < 4.78 is 0.952. The monoisotopic (exact) mass is 332 g/mol. The molecule has 102 valence electrons. The van der Waals surface area contributed by atoms with Gasteiger partial charge in [-0.05, 0) is 24.3 Å². The van der Waals surface area contributed by atoms with Crippen LogP contribution in [0.2, 0.25) is 0 Å². The lowest BCUT2D eigenvalue weighted by atomic mass is 10.3. The fourth-order valence-electron chi connectivity index (χ4n) is 1.48. The van der Waals surface area contributed by atoms with Crippen molar-refractivity contribution in [1.82, 2.24) is 9.97 Å². The number of carbonyl (C=O) groups excluding carboxylic acids is 1. The Labute approximate surface area is 125 Å². The van der Waals surface area contributed by atoms with Gasteiger partial charge in [0.05, 0.1) is 0 Å². The number of amides is 1. The van der Waals surface area contributed by atoms with E-state index in [4.69, 9.17) is 0 Å². The summed E-state index contributed by atoms with van der Waals surface area (Å²) in [5, 5.41) is 5.78. The molecule has 0 bridgehead atoms. The van der Waals surface area contributed by atoms with Crippen LogP contribution in [0.3, 0.4) is 0 Å². The van der Waals surface area contributed by atoms with Gasteiger partial charge in [-0.3, -0.25) is 4.79 Å². The van der Waals surface area contributed by atoms with Crippen LogP contribution in [-0.2, 0) is 0 Å². The molecular weight excluding hydrogens is 320 g/mol. The van der Waals surface area contributed by atoms with Gasteiger partial charge in [-0.15, -0.1) is 6.58 Å². The second-order valence-corrected chi connectivity index (χ2v) is 4.83. The zero-order valence-corrected chi connectivity index (χ0v) is 12.2. The highest BCUT2D eigenvalue weighted by Crippen LogP contribution is 2.15. The van der Waals surface area contributed by atoms with E-state index in [-0.39, 0.29) is 5.91 Å². The van der Waals surface area contributed by atoms with Gasteiger partial charge in [0, 0.05) is 22.8 Å². The molecule has 1 heterocycles. The zero-order chi connectivity index (χ0) is 14.4. The highest BCUT2D eigenvalue weighted by Gasteiger charge is 2.08. The van der Waals surface area contributed by atoms with Crippen LogP contribution in [0.4, 0.5) is 11.5 Å². The second-order valence-electron chi connectivity index (χ2n) is 3.92. The largest absolute Gasteiger partial charge is 0.366 e. The third-order valence-electron chi connectivity index (χ3n) is 2.43. The molecule has 0 aliphatic carbocycles. The van der Waals surface area contributed by atoms with Crippen LogP contribution >= 0.6 is 15.9 Å². The minimum atomic E-state index is -0.281. The number of carbonyl (C=O) groups is 1. The lowest BCUT2D eigenvalue weighted by Gasteiger charge is -2.06. The second kappa shape index (κ2) is 6.81. The first-order valence-electron chi connectivity index (χ1n) is 5.93. The fraction of sp³-hybridized carbons (Fsp3) is 0.0714. The normalized spacial score (nSPS) is 9.85. The van der Waals surface area contributed by atoms with Crippen LogP contribution in [0.25, 0.3) is 0 Å². The number of halogens is 1. The van der Waals surface area contributed by atoms with Crippen molar-refractivity contribution in [3.63, 3.8) is 0 Å². The Morgan fingerprint density at radius 2 is 2.05 bits per heavy atom. The van der Waals surface area contributed by atoms with Gasteiger partial charge in [0.1, 0.15) is 17.8 Å². The number of aromatic nitrogens is 2. The number of benzene rings is 1. The molecule has 0 saturated heterocycles. The minimum Gasteiger partial charge on any atom is -0.366 e. The standard InChI is InChI=1S/C14H13BrN4O/c1-2-7-16-13-8-12(17-9-18-13)14(20)19-11-5-3-10(15)4-6-11/h2-6,8-9H,1,7H2,(H,19,20)(H,16,17,18). The lowest BCUT2D eigenvalue weighted by Crippen LogP contribution is -2.14. The molecule has 2 N–H and O–H groups in total. The van der Waals surface area contributed by atoms with Crippen molar-refractivity contribution in [1.29, 1.82) is 0 Å². The fourth-order valence-corrected chi connectivity index (χ4v) is 1.75. The molecule has 2 rings (SSSR count). The molecule has 0 aliphatic heterocycles. The molecule has 2 aromatic rings. The van der Waals surface area contributed by atoms with Gasteiger partial charge < -0.3 is 10.6 Å². The molecule has 1 amide bonds. The summed E-state index contributed by atoms with van der Waals surface area (Å²) in [6, 6.07) is 8.91. The van der Waals surface area contributed by atoms with Crippen LogP contribution in [0, 0.1) is 0 Å². The van der Waals surface area contributed by atoms with Crippen LogP contribution in [0.1, 0.15) is 10.5 Å². The Bertz CT molecular complexity index is 613. The Hall–Kier alpha value is -2.21. The summed E-state index contributed by atoms with van der Waals surface area (Å²) in [4.78, 5) is 20.0. The Kier molecular flexibility index (Phi) is 4.84. The van der Waals surface area contributed by atoms with E-state index in [0.29, 0.717) is 23.7 Å². The van der Waals surface area contributed by atoms with Crippen LogP contribution in [-0.4, -0.2) is 22.4 Å². The smallest absolute Gasteiger partial charge is 0.274 e. The molecule has 1 aromatic heterocycles. The number of nitrogens with zero attached hydrogens (tertiary/aromatic N) is 2. The molecule has 20 heavy (non-hydrogen) atoms. The summed E-state index contributed by atoms with van der Waals surface area (Å²) in [6.45, 7) is 4.18. The van der Waals surface area contributed by atoms with Gasteiger partial charge >= 0.3 is 0 Å². The number of hydrogen-bond donors (Lipinski definition) is 2. The maximum Gasteiger partial charge on any atom is 0.274 e. The molecule has 0 atom stereocenters. The average Bonchev–Trinajstić information content (AvgIpc) is 2.48. The number of hydrogen-bond acceptors (Lipinski definition) is 4.